The summed E-state index contributed by atoms with van der Waals surface area (Å²) in [6.07, 6.45) is 5.23. The molecule has 2 unspecified atom stereocenters. The molecule has 0 heterocycles. The summed E-state index contributed by atoms with van der Waals surface area (Å²) in [6.45, 7) is 2.16. The van der Waals surface area contributed by atoms with Crippen LogP contribution in [-0.4, -0.2) is 5.78 Å². The van der Waals surface area contributed by atoms with E-state index in [1.165, 1.54) is 24.6 Å². The number of ketones is 1. The summed E-state index contributed by atoms with van der Waals surface area (Å²) in [6, 6.07) is 4.01. The molecule has 0 saturated heterocycles. The maximum Gasteiger partial charge on any atom is 0.167 e. The summed E-state index contributed by atoms with van der Waals surface area (Å²) in [5, 5.41) is 0.361. The minimum Gasteiger partial charge on any atom is -0.294 e. The van der Waals surface area contributed by atoms with E-state index < -0.39 is 5.82 Å². The van der Waals surface area contributed by atoms with E-state index in [0.717, 1.165) is 25.7 Å². The number of benzene rings is 1. The molecule has 0 spiro atoms. The second-order valence-corrected chi connectivity index (χ2v) is 5.53. The van der Waals surface area contributed by atoms with Crippen molar-refractivity contribution < 1.29 is 9.18 Å². The Balaban J connectivity index is 2.17. The van der Waals surface area contributed by atoms with Gasteiger partial charge < -0.3 is 0 Å². The lowest BCUT2D eigenvalue weighted by molar-refractivity contribution is 0.0861. The topological polar surface area (TPSA) is 17.1 Å². The van der Waals surface area contributed by atoms with Crippen molar-refractivity contribution in [1.82, 2.24) is 0 Å². The van der Waals surface area contributed by atoms with E-state index in [1.54, 1.807) is 0 Å². The Morgan fingerprint density at radius 3 is 2.94 bits per heavy atom. The number of carbonyl (C=O) groups excluding carboxylic acids is 1. The van der Waals surface area contributed by atoms with Crippen LogP contribution in [0.3, 0.4) is 0 Å². The van der Waals surface area contributed by atoms with Crippen LogP contribution in [0.5, 0.6) is 0 Å². The Morgan fingerprint density at radius 2 is 2.22 bits per heavy atom. The summed E-state index contributed by atoms with van der Waals surface area (Å²) in [5.74, 6) is 0.256. The van der Waals surface area contributed by atoms with Crippen LogP contribution in [0.25, 0.3) is 0 Å². The van der Waals surface area contributed by atoms with E-state index >= 15 is 0 Å². The van der Waals surface area contributed by atoms with Gasteiger partial charge in [-0.2, -0.15) is 0 Å². The fourth-order valence-electron chi connectivity index (χ4n) is 2.81. The Labute approximate surface area is 112 Å². The van der Waals surface area contributed by atoms with Gasteiger partial charge in [0.15, 0.2) is 5.78 Å². The smallest absolute Gasteiger partial charge is 0.167 e. The van der Waals surface area contributed by atoms with Crippen LogP contribution >= 0.6 is 11.6 Å². The average molecular weight is 269 g/mol. The molecule has 0 radical (unpaired) electrons. The van der Waals surface area contributed by atoms with Crippen molar-refractivity contribution in [2.75, 3.05) is 0 Å². The van der Waals surface area contributed by atoms with Gasteiger partial charge in [-0.25, -0.2) is 4.39 Å². The highest BCUT2D eigenvalue weighted by Gasteiger charge is 2.28. The van der Waals surface area contributed by atoms with Gasteiger partial charge in [-0.15, -0.1) is 0 Å². The first kappa shape index (κ1) is 13.5. The Bertz CT molecular complexity index is 444. The number of hydrogen-bond donors (Lipinski definition) is 0. The van der Waals surface area contributed by atoms with Gasteiger partial charge in [-0.05, 0) is 37.0 Å². The molecule has 1 aliphatic carbocycles. The molecule has 0 aromatic heterocycles. The van der Waals surface area contributed by atoms with Crippen LogP contribution in [0.15, 0.2) is 18.2 Å². The second kappa shape index (κ2) is 5.83. The van der Waals surface area contributed by atoms with E-state index in [4.69, 9.17) is 11.6 Å². The third-order valence-electron chi connectivity index (χ3n) is 3.92. The van der Waals surface area contributed by atoms with Crippen molar-refractivity contribution in [2.45, 2.75) is 39.0 Å². The van der Waals surface area contributed by atoms with Crippen molar-refractivity contribution in [2.24, 2.45) is 11.8 Å². The van der Waals surface area contributed by atoms with Crippen LogP contribution in [0.1, 0.15) is 49.4 Å². The first-order chi connectivity index (χ1) is 8.61. The van der Waals surface area contributed by atoms with Gasteiger partial charge in [-0.1, -0.05) is 37.8 Å². The number of Topliss-reactive ketones (excluding diaryl/α,β-unsaturated/α-hetero) is 1. The van der Waals surface area contributed by atoms with Crippen molar-refractivity contribution in [3.63, 3.8) is 0 Å². The summed E-state index contributed by atoms with van der Waals surface area (Å²) in [4.78, 5) is 12.4. The van der Waals surface area contributed by atoms with Crippen LogP contribution in [-0.2, 0) is 0 Å². The van der Waals surface area contributed by atoms with Gasteiger partial charge in [0.2, 0.25) is 0 Å². The molecule has 1 saturated carbocycles. The number of hydrogen-bond acceptors (Lipinski definition) is 1. The van der Waals surface area contributed by atoms with Gasteiger partial charge in [0.25, 0.3) is 0 Å². The molecule has 0 N–H and O–H groups in total. The molecule has 1 aliphatic rings. The zero-order valence-corrected chi connectivity index (χ0v) is 11.3. The van der Waals surface area contributed by atoms with E-state index in [-0.39, 0.29) is 11.7 Å². The highest BCUT2D eigenvalue weighted by atomic mass is 35.5. The molecule has 1 aromatic rings. The lowest BCUT2D eigenvalue weighted by Gasteiger charge is -2.27. The lowest BCUT2D eigenvalue weighted by atomic mass is 9.77. The number of carbonyl (C=O) groups is 1. The zero-order valence-electron chi connectivity index (χ0n) is 10.6. The normalized spacial score (nSPS) is 23.9. The summed E-state index contributed by atoms with van der Waals surface area (Å²) in [5.41, 5.74) is 0.346. The molecule has 98 valence electrons. The first-order valence-electron chi connectivity index (χ1n) is 6.61. The highest BCUT2D eigenvalue weighted by molar-refractivity contribution is 6.34. The highest BCUT2D eigenvalue weighted by Crippen LogP contribution is 2.34. The van der Waals surface area contributed by atoms with Crippen molar-refractivity contribution in [1.29, 1.82) is 0 Å². The van der Waals surface area contributed by atoms with E-state index in [2.05, 4.69) is 6.92 Å². The molecule has 0 amide bonds. The molecular weight excluding hydrogens is 251 g/mol. The molecule has 1 fully saturated rings. The average Bonchev–Trinajstić information content (AvgIpc) is 2.41. The molecule has 0 aliphatic heterocycles. The van der Waals surface area contributed by atoms with Crippen molar-refractivity contribution in [3.05, 3.63) is 34.6 Å². The standard InChI is InChI=1S/C15H18ClFO/c1-2-10-4-3-5-11(8-10)15(18)13-9-12(17)6-7-14(13)16/h6-7,9-11H,2-5,8H2,1H3. The summed E-state index contributed by atoms with van der Waals surface area (Å²) in [7, 11) is 0. The molecular formula is C15H18ClFO. The zero-order chi connectivity index (χ0) is 13.1. The second-order valence-electron chi connectivity index (χ2n) is 5.13. The monoisotopic (exact) mass is 268 g/mol. The predicted molar refractivity (Wildman–Crippen MR) is 71.5 cm³/mol. The number of halogens is 2. The van der Waals surface area contributed by atoms with E-state index in [0.29, 0.717) is 16.5 Å². The third kappa shape index (κ3) is 2.92. The van der Waals surface area contributed by atoms with E-state index in [9.17, 15) is 9.18 Å². The minimum absolute atomic E-state index is 0.0117. The Hall–Kier alpha value is -0.890. The van der Waals surface area contributed by atoms with Gasteiger partial charge in [0.1, 0.15) is 5.82 Å². The van der Waals surface area contributed by atoms with Crippen LogP contribution < -0.4 is 0 Å². The van der Waals surface area contributed by atoms with Crippen LogP contribution in [0.2, 0.25) is 5.02 Å². The largest absolute Gasteiger partial charge is 0.294 e. The first-order valence-corrected chi connectivity index (χ1v) is 6.99. The molecule has 1 aromatic carbocycles. The van der Waals surface area contributed by atoms with Crippen molar-refractivity contribution in [3.8, 4) is 0 Å². The maximum absolute atomic E-state index is 13.2. The van der Waals surface area contributed by atoms with Gasteiger partial charge in [-0.3, -0.25) is 4.79 Å². The molecule has 0 bridgehead atoms. The van der Waals surface area contributed by atoms with Gasteiger partial charge in [0.05, 0.1) is 5.02 Å². The molecule has 3 heteroatoms. The maximum atomic E-state index is 13.2. The number of rotatable bonds is 3. The molecule has 2 atom stereocenters. The minimum atomic E-state index is -0.398. The van der Waals surface area contributed by atoms with Crippen LogP contribution in [0, 0.1) is 17.7 Å². The summed E-state index contributed by atoms with van der Waals surface area (Å²) < 4.78 is 13.2. The van der Waals surface area contributed by atoms with Gasteiger partial charge >= 0.3 is 0 Å². The van der Waals surface area contributed by atoms with Gasteiger partial charge in [0, 0.05) is 11.5 Å². The molecule has 18 heavy (non-hydrogen) atoms. The summed E-state index contributed by atoms with van der Waals surface area (Å²) >= 11 is 5.99. The molecule has 2 rings (SSSR count). The van der Waals surface area contributed by atoms with Crippen LogP contribution in [0.4, 0.5) is 4.39 Å². The quantitative estimate of drug-likeness (QED) is 0.714. The Morgan fingerprint density at radius 1 is 1.44 bits per heavy atom. The van der Waals surface area contributed by atoms with E-state index in [1.807, 2.05) is 0 Å². The fourth-order valence-corrected chi connectivity index (χ4v) is 3.02. The molecule has 1 nitrogen and oxygen atoms in total. The Kier molecular flexibility index (Phi) is 4.39. The third-order valence-corrected chi connectivity index (χ3v) is 4.25. The fraction of sp³-hybridized carbons (Fsp3) is 0.533. The van der Waals surface area contributed by atoms with Crippen molar-refractivity contribution >= 4 is 17.4 Å². The lowest BCUT2D eigenvalue weighted by Crippen LogP contribution is -2.23. The SMILES string of the molecule is CCC1CCCC(C(=O)c2cc(F)ccc2Cl)C1. The predicted octanol–water partition coefficient (Wildman–Crippen LogP) is 4.88.